The highest BCUT2D eigenvalue weighted by Gasteiger charge is 2.33. The van der Waals surface area contributed by atoms with Crippen LogP contribution in [0.2, 0.25) is 0 Å². The van der Waals surface area contributed by atoms with Crippen molar-refractivity contribution in [2.24, 2.45) is 0 Å². The fourth-order valence-electron chi connectivity index (χ4n) is 1.90. The molecule has 0 spiro atoms. The molecule has 1 aromatic heterocycles. The molecule has 0 bridgehead atoms. The zero-order chi connectivity index (χ0) is 14.8. The highest BCUT2D eigenvalue weighted by atomic mass is 32.2. The van der Waals surface area contributed by atoms with Gasteiger partial charge in [-0.05, 0) is 17.9 Å². The molecule has 0 atom stereocenters. The van der Waals surface area contributed by atoms with E-state index in [-0.39, 0.29) is 10.9 Å². The zero-order valence-electron chi connectivity index (χ0n) is 10.8. The van der Waals surface area contributed by atoms with E-state index in [0.717, 1.165) is 11.8 Å². The molecule has 0 N–H and O–H groups in total. The molecule has 0 aliphatic heterocycles. The molecule has 0 aliphatic carbocycles. The molecule has 0 unspecified atom stereocenters. The average molecular weight is 302 g/mol. The van der Waals surface area contributed by atoms with Crippen LogP contribution in [0.3, 0.4) is 0 Å². The number of hydrogen-bond donors (Lipinski definition) is 0. The van der Waals surface area contributed by atoms with Gasteiger partial charge in [0.25, 0.3) is 5.56 Å². The third-order valence-corrected chi connectivity index (χ3v) is 3.72. The van der Waals surface area contributed by atoms with Gasteiger partial charge in [-0.15, -0.1) is 0 Å². The van der Waals surface area contributed by atoms with Crippen LogP contribution in [0.25, 0.3) is 10.9 Å². The highest BCUT2D eigenvalue weighted by molar-refractivity contribution is 7.99. The van der Waals surface area contributed by atoms with E-state index in [9.17, 15) is 18.0 Å². The van der Waals surface area contributed by atoms with Gasteiger partial charge in [0.15, 0.2) is 0 Å². The van der Waals surface area contributed by atoms with Crippen molar-refractivity contribution in [1.29, 1.82) is 0 Å². The Morgan fingerprint density at radius 3 is 2.75 bits per heavy atom. The summed E-state index contributed by atoms with van der Waals surface area (Å²) in [6.45, 7) is 2.33. The lowest BCUT2D eigenvalue weighted by atomic mass is 10.1. The van der Waals surface area contributed by atoms with Gasteiger partial charge in [-0.25, -0.2) is 4.98 Å². The zero-order valence-corrected chi connectivity index (χ0v) is 11.6. The van der Waals surface area contributed by atoms with E-state index in [1.807, 2.05) is 6.92 Å². The lowest BCUT2D eigenvalue weighted by Gasteiger charge is -2.11. The summed E-state index contributed by atoms with van der Waals surface area (Å²) in [6, 6.07) is 3.59. The minimum Gasteiger partial charge on any atom is -0.298 e. The van der Waals surface area contributed by atoms with Crippen molar-refractivity contribution in [3.63, 3.8) is 0 Å². The molecular weight excluding hydrogens is 289 g/mol. The standard InChI is InChI=1S/C13H13F3N2OS/c1-2-20-7-6-18-8-17-10-5-3-4-9(13(14,15)16)11(10)12(18)19/h3-5,8H,2,6-7H2,1H3. The van der Waals surface area contributed by atoms with E-state index in [2.05, 4.69) is 4.98 Å². The minimum absolute atomic E-state index is 0.0734. The quantitative estimate of drug-likeness (QED) is 0.814. The Hall–Kier alpha value is -1.50. The first kappa shape index (κ1) is 14.9. The number of halogens is 3. The van der Waals surface area contributed by atoms with Crippen molar-refractivity contribution >= 4 is 22.7 Å². The summed E-state index contributed by atoms with van der Waals surface area (Å²) in [5.74, 6) is 1.56. The average Bonchev–Trinajstić information content (AvgIpc) is 2.40. The van der Waals surface area contributed by atoms with Crippen molar-refractivity contribution in [1.82, 2.24) is 9.55 Å². The predicted molar refractivity (Wildman–Crippen MR) is 74.0 cm³/mol. The van der Waals surface area contributed by atoms with Crippen molar-refractivity contribution in [2.45, 2.75) is 19.6 Å². The van der Waals surface area contributed by atoms with E-state index in [0.29, 0.717) is 12.3 Å². The van der Waals surface area contributed by atoms with Gasteiger partial charge in [0.2, 0.25) is 0 Å². The fraction of sp³-hybridized carbons (Fsp3) is 0.385. The number of alkyl halides is 3. The second kappa shape index (κ2) is 5.87. The number of hydrogen-bond acceptors (Lipinski definition) is 3. The molecule has 1 aromatic carbocycles. The van der Waals surface area contributed by atoms with Gasteiger partial charge in [0, 0.05) is 12.3 Å². The Morgan fingerprint density at radius 2 is 2.10 bits per heavy atom. The van der Waals surface area contributed by atoms with Crippen LogP contribution in [-0.2, 0) is 12.7 Å². The van der Waals surface area contributed by atoms with Crippen LogP contribution >= 0.6 is 11.8 Å². The maximum Gasteiger partial charge on any atom is 0.417 e. The summed E-state index contributed by atoms with van der Waals surface area (Å²) >= 11 is 1.62. The Morgan fingerprint density at radius 1 is 1.35 bits per heavy atom. The first-order valence-electron chi connectivity index (χ1n) is 6.08. The van der Waals surface area contributed by atoms with Crippen LogP contribution in [0.15, 0.2) is 29.3 Å². The Labute approximate surface area is 117 Å². The number of fused-ring (bicyclic) bond motifs is 1. The molecule has 2 aromatic rings. The van der Waals surface area contributed by atoms with Crippen LogP contribution in [0.1, 0.15) is 12.5 Å². The maximum atomic E-state index is 13.0. The van der Waals surface area contributed by atoms with Crippen molar-refractivity contribution < 1.29 is 13.2 Å². The second-order valence-corrected chi connectivity index (χ2v) is 5.53. The van der Waals surface area contributed by atoms with E-state index in [1.165, 1.54) is 23.0 Å². The van der Waals surface area contributed by atoms with Gasteiger partial charge < -0.3 is 0 Å². The van der Waals surface area contributed by atoms with Gasteiger partial charge in [-0.2, -0.15) is 24.9 Å². The predicted octanol–water partition coefficient (Wildman–Crippen LogP) is 3.17. The van der Waals surface area contributed by atoms with E-state index in [1.54, 1.807) is 11.8 Å². The van der Waals surface area contributed by atoms with Crippen LogP contribution in [0, 0.1) is 0 Å². The molecule has 0 aliphatic rings. The number of aromatic nitrogens is 2. The smallest absolute Gasteiger partial charge is 0.298 e. The van der Waals surface area contributed by atoms with E-state index >= 15 is 0 Å². The largest absolute Gasteiger partial charge is 0.417 e. The molecule has 0 fully saturated rings. The van der Waals surface area contributed by atoms with Crippen LogP contribution in [0.5, 0.6) is 0 Å². The fourth-order valence-corrected chi connectivity index (χ4v) is 2.52. The van der Waals surface area contributed by atoms with Crippen LogP contribution in [-0.4, -0.2) is 21.1 Å². The van der Waals surface area contributed by atoms with Crippen LogP contribution in [0.4, 0.5) is 13.2 Å². The minimum atomic E-state index is -4.56. The first-order chi connectivity index (χ1) is 9.45. The summed E-state index contributed by atoms with van der Waals surface area (Å²) in [5.41, 5.74) is -1.49. The summed E-state index contributed by atoms with van der Waals surface area (Å²) in [7, 11) is 0. The van der Waals surface area contributed by atoms with Gasteiger partial charge in [-0.3, -0.25) is 9.36 Å². The number of thioether (sulfide) groups is 1. The molecule has 0 saturated carbocycles. The summed E-state index contributed by atoms with van der Waals surface area (Å²) in [5, 5.41) is -0.357. The molecule has 0 radical (unpaired) electrons. The summed E-state index contributed by atoms with van der Waals surface area (Å²) < 4.78 is 40.1. The molecule has 3 nitrogen and oxygen atoms in total. The highest BCUT2D eigenvalue weighted by Crippen LogP contribution is 2.32. The number of rotatable bonds is 4. The van der Waals surface area contributed by atoms with E-state index in [4.69, 9.17) is 0 Å². The topological polar surface area (TPSA) is 34.9 Å². The second-order valence-electron chi connectivity index (χ2n) is 4.14. The SMILES string of the molecule is CCSCCn1cnc2cccc(C(F)(F)F)c2c1=O. The number of aryl methyl sites for hydroxylation is 1. The molecule has 0 saturated heterocycles. The van der Waals surface area contributed by atoms with Gasteiger partial charge >= 0.3 is 6.18 Å². The molecule has 1 heterocycles. The summed E-state index contributed by atoms with van der Waals surface area (Å²) in [4.78, 5) is 16.2. The number of nitrogens with zero attached hydrogens (tertiary/aromatic N) is 2. The first-order valence-corrected chi connectivity index (χ1v) is 7.23. The molecule has 2 rings (SSSR count). The third-order valence-electron chi connectivity index (χ3n) is 2.84. The summed E-state index contributed by atoms with van der Waals surface area (Å²) in [6.07, 6.45) is -3.25. The normalized spacial score (nSPS) is 12.0. The molecule has 0 amide bonds. The Kier molecular flexibility index (Phi) is 4.37. The van der Waals surface area contributed by atoms with E-state index < -0.39 is 17.3 Å². The van der Waals surface area contributed by atoms with Crippen molar-refractivity contribution in [3.05, 3.63) is 40.4 Å². The monoisotopic (exact) mass is 302 g/mol. The molecule has 7 heteroatoms. The van der Waals surface area contributed by atoms with Gasteiger partial charge in [-0.1, -0.05) is 13.0 Å². The lowest BCUT2D eigenvalue weighted by Crippen LogP contribution is -2.24. The maximum absolute atomic E-state index is 13.0. The Balaban J connectivity index is 2.56. The Bertz CT molecular complexity index is 667. The lowest BCUT2D eigenvalue weighted by molar-refractivity contribution is -0.136. The van der Waals surface area contributed by atoms with Gasteiger partial charge in [0.05, 0.1) is 22.8 Å². The van der Waals surface area contributed by atoms with Crippen LogP contribution < -0.4 is 5.56 Å². The van der Waals surface area contributed by atoms with Crippen molar-refractivity contribution in [2.75, 3.05) is 11.5 Å². The van der Waals surface area contributed by atoms with Gasteiger partial charge in [0.1, 0.15) is 0 Å². The molecule has 20 heavy (non-hydrogen) atoms. The molecule has 108 valence electrons. The molecular formula is C13H13F3N2OS. The third kappa shape index (κ3) is 2.98. The number of benzene rings is 1. The van der Waals surface area contributed by atoms with Crippen molar-refractivity contribution in [3.8, 4) is 0 Å².